The monoisotopic (exact) mass is 338 g/mol. The van der Waals surface area contributed by atoms with E-state index >= 15 is 0 Å². The lowest BCUT2D eigenvalue weighted by atomic mass is 9.99. The van der Waals surface area contributed by atoms with Crippen LogP contribution in [0.15, 0.2) is 42.5 Å². The molecule has 0 bridgehead atoms. The topological polar surface area (TPSA) is 69.6 Å². The van der Waals surface area contributed by atoms with Crippen molar-refractivity contribution in [1.29, 1.82) is 0 Å². The highest BCUT2D eigenvalue weighted by atomic mass is 16.3. The van der Waals surface area contributed by atoms with E-state index < -0.39 is 6.04 Å². The summed E-state index contributed by atoms with van der Waals surface area (Å²) in [6.07, 6.45) is 1.27. The van der Waals surface area contributed by atoms with Gasteiger partial charge in [0.1, 0.15) is 11.8 Å². The number of amides is 2. The van der Waals surface area contributed by atoms with Crippen molar-refractivity contribution in [3.05, 3.63) is 59.2 Å². The van der Waals surface area contributed by atoms with E-state index in [4.69, 9.17) is 0 Å². The predicted molar refractivity (Wildman–Crippen MR) is 96.4 cm³/mol. The van der Waals surface area contributed by atoms with Crippen molar-refractivity contribution in [1.82, 2.24) is 4.90 Å². The van der Waals surface area contributed by atoms with Crippen LogP contribution in [-0.4, -0.2) is 28.4 Å². The number of nitrogens with zero attached hydrogens (tertiary/aromatic N) is 1. The molecule has 2 amide bonds. The van der Waals surface area contributed by atoms with E-state index in [1.807, 2.05) is 32.0 Å². The number of para-hydroxylation sites is 1. The Labute approximate surface area is 147 Å². The number of phenols is 1. The van der Waals surface area contributed by atoms with Gasteiger partial charge in [-0.15, -0.1) is 0 Å². The second-order valence-electron chi connectivity index (χ2n) is 6.28. The third-order valence-electron chi connectivity index (χ3n) is 4.64. The zero-order chi connectivity index (χ0) is 18.0. The molecule has 1 fully saturated rings. The van der Waals surface area contributed by atoms with Gasteiger partial charge in [-0.2, -0.15) is 0 Å². The first-order valence-corrected chi connectivity index (χ1v) is 8.49. The molecule has 5 heteroatoms. The summed E-state index contributed by atoms with van der Waals surface area (Å²) in [5.41, 5.74) is 3.56. The summed E-state index contributed by atoms with van der Waals surface area (Å²) < 4.78 is 0. The molecular weight excluding hydrogens is 316 g/mol. The van der Waals surface area contributed by atoms with Crippen LogP contribution in [0.25, 0.3) is 0 Å². The van der Waals surface area contributed by atoms with E-state index in [9.17, 15) is 14.7 Å². The lowest BCUT2D eigenvalue weighted by Crippen LogP contribution is -2.49. The molecule has 0 aliphatic carbocycles. The van der Waals surface area contributed by atoms with Crippen molar-refractivity contribution in [2.45, 2.75) is 32.7 Å². The Morgan fingerprint density at radius 2 is 1.96 bits per heavy atom. The van der Waals surface area contributed by atoms with E-state index in [-0.39, 0.29) is 17.6 Å². The maximum absolute atomic E-state index is 13.0. The maximum Gasteiger partial charge on any atom is 0.251 e. The number of likely N-dealkylation sites (tertiary alicyclic amines) is 1. The molecule has 25 heavy (non-hydrogen) atoms. The van der Waals surface area contributed by atoms with Gasteiger partial charge >= 0.3 is 0 Å². The van der Waals surface area contributed by atoms with Gasteiger partial charge in [0.2, 0.25) is 5.91 Å². The second kappa shape index (κ2) is 6.97. The smallest absolute Gasteiger partial charge is 0.251 e. The first kappa shape index (κ1) is 17.0. The third kappa shape index (κ3) is 3.36. The number of hydrogen-bond acceptors (Lipinski definition) is 3. The summed E-state index contributed by atoms with van der Waals surface area (Å²) >= 11 is 0. The number of hydrogen-bond donors (Lipinski definition) is 2. The molecule has 0 saturated carbocycles. The van der Waals surface area contributed by atoms with Crippen LogP contribution in [0.5, 0.6) is 5.75 Å². The lowest BCUT2D eigenvalue weighted by molar-refractivity contribution is -0.147. The van der Waals surface area contributed by atoms with Crippen molar-refractivity contribution >= 4 is 17.5 Å². The number of aryl methyl sites for hydroxylation is 2. The van der Waals surface area contributed by atoms with Gasteiger partial charge < -0.3 is 15.3 Å². The molecular formula is C20H22N2O3. The van der Waals surface area contributed by atoms with Crippen LogP contribution in [-0.2, 0) is 16.0 Å². The molecule has 0 unspecified atom stereocenters. The van der Waals surface area contributed by atoms with E-state index in [1.165, 1.54) is 12.1 Å². The van der Waals surface area contributed by atoms with E-state index in [0.29, 0.717) is 18.5 Å². The minimum atomic E-state index is -0.689. The number of aromatic hydroxyl groups is 1. The summed E-state index contributed by atoms with van der Waals surface area (Å²) in [7, 11) is 0. The fraction of sp³-hybridized carbons (Fsp3) is 0.300. The minimum absolute atomic E-state index is 0.0336. The van der Waals surface area contributed by atoms with Crippen LogP contribution in [0.2, 0.25) is 0 Å². The molecule has 130 valence electrons. The average Bonchev–Trinajstić information content (AvgIpc) is 2.60. The van der Waals surface area contributed by atoms with Crippen molar-refractivity contribution in [3.8, 4) is 5.75 Å². The normalized spacial score (nSPS) is 14.8. The Kier molecular flexibility index (Phi) is 4.74. The minimum Gasteiger partial charge on any atom is -0.508 e. The standard InChI is InChI=1S/C20H22N2O3/c1-3-14-6-4-5-13(2)18(14)21-20(25)19(22-12-11-17(22)24)15-7-9-16(23)10-8-15/h4-10,19,23H,3,11-12H2,1-2H3,(H,21,25)/t19-/m0/s1. The average molecular weight is 338 g/mol. The molecule has 3 rings (SSSR count). The highest BCUT2D eigenvalue weighted by molar-refractivity contribution is 6.00. The second-order valence-corrected chi connectivity index (χ2v) is 6.28. The highest BCUT2D eigenvalue weighted by Crippen LogP contribution is 2.30. The Balaban J connectivity index is 1.92. The maximum atomic E-state index is 13.0. The number of benzene rings is 2. The Morgan fingerprint density at radius 1 is 1.24 bits per heavy atom. The summed E-state index contributed by atoms with van der Waals surface area (Å²) in [4.78, 5) is 26.6. The fourth-order valence-corrected chi connectivity index (χ4v) is 3.13. The van der Waals surface area contributed by atoms with Crippen LogP contribution >= 0.6 is 0 Å². The van der Waals surface area contributed by atoms with Crippen molar-refractivity contribution in [2.75, 3.05) is 11.9 Å². The molecule has 2 aromatic rings. The molecule has 0 aromatic heterocycles. The summed E-state index contributed by atoms with van der Waals surface area (Å²) in [5.74, 6) is -0.138. The molecule has 1 aliphatic rings. The first-order chi connectivity index (χ1) is 12.0. The number of carbonyl (C=O) groups is 2. The number of carbonyl (C=O) groups excluding carboxylic acids is 2. The molecule has 1 heterocycles. The van der Waals surface area contributed by atoms with Gasteiger partial charge in [0, 0.05) is 18.7 Å². The number of anilines is 1. The third-order valence-corrected chi connectivity index (χ3v) is 4.64. The van der Waals surface area contributed by atoms with Crippen molar-refractivity contribution in [3.63, 3.8) is 0 Å². The molecule has 2 N–H and O–H groups in total. The first-order valence-electron chi connectivity index (χ1n) is 8.49. The van der Waals surface area contributed by atoms with E-state index in [2.05, 4.69) is 5.32 Å². The van der Waals surface area contributed by atoms with Crippen molar-refractivity contribution < 1.29 is 14.7 Å². The van der Waals surface area contributed by atoms with Gasteiger partial charge in [-0.1, -0.05) is 37.3 Å². The Hall–Kier alpha value is -2.82. The van der Waals surface area contributed by atoms with Gasteiger partial charge in [0.15, 0.2) is 0 Å². The largest absolute Gasteiger partial charge is 0.508 e. The highest BCUT2D eigenvalue weighted by Gasteiger charge is 2.37. The number of β-lactam (4-membered cyclic amide) rings is 1. The Bertz CT molecular complexity index is 799. The van der Waals surface area contributed by atoms with Gasteiger partial charge in [-0.3, -0.25) is 9.59 Å². The van der Waals surface area contributed by atoms with Crippen LogP contribution in [0.4, 0.5) is 5.69 Å². The van der Waals surface area contributed by atoms with Crippen LogP contribution in [0, 0.1) is 6.92 Å². The SMILES string of the molecule is CCc1cccc(C)c1NC(=O)[C@H](c1ccc(O)cc1)N1CCC1=O. The van der Waals surface area contributed by atoms with Gasteiger partial charge in [0.25, 0.3) is 5.91 Å². The molecule has 1 saturated heterocycles. The molecule has 5 nitrogen and oxygen atoms in total. The van der Waals surface area contributed by atoms with Crippen LogP contribution in [0.3, 0.4) is 0 Å². The van der Waals surface area contributed by atoms with E-state index in [0.717, 1.165) is 23.2 Å². The zero-order valence-corrected chi connectivity index (χ0v) is 14.5. The molecule has 2 aromatic carbocycles. The van der Waals surface area contributed by atoms with Gasteiger partial charge in [0.05, 0.1) is 0 Å². The number of rotatable bonds is 5. The molecule has 0 radical (unpaired) electrons. The summed E-state index contributed by atoms with van der Waals surface area (Å²) in [6.45, 7) is 4.56. The number of nitrogens with one attached hydrogen (secondary N) is 1. The molecule has 1 atom stereocenters. The fourth-order valence-electron chi connectivity index (χ4n) is 3.13. The van der Waals surface area contributed by atoms with Gasteiger partial charge in [-0.05, 0) is 42.2 Å². The van der Waals surface area contributed by atoms with Crippen molar-refractivity contribution in [2.24, 2.45) is 0 Å². The lowest BCUT2D eigenvalue weighted by Gasteiger charge is -2.37. The Morgan fingerprint density at radius 3 is 2.52 bits per heavy atom. The molecule has 1 aliphatic heterocycles. The van der Waals surface area contributed by atoms with Crippen LogP contribution < -0.4 is 5.32 Å². The number of phenolic OH excluding ortho intramolecular Hbond substituents is 1. The van der Waals surface area contributed by atoms with Crippen LogP contribution in [0.1, 0.15) is 36.1 Å². The predicted octanol–water partition coefficient (Wildman–Crippen LogP) is 3.18. The van der Waals surface area contributed by atoms with E-state index in [1.54, 1.807) is 17.0 Å². The summed E-state index contributed by atoms with van der Waals surface area (Å²) in [6, 6.07) is 11.7. The zero-order valence-electron chi connectivity index (χ0n) is 14.5. The quantitative estimate of drug-likeness (QED) is 0.823. The molecule has 0 spiro atoms. The van der Waals surface area contributed by atoms with Gasteiger partial charge in [-0.25, -0.2) is 0 Å². The summed E-state index contributed by atoms with van der Waals surface area (Å²) in [5, 5.41) is 12.5.